The van der Waals surface area contributed by atoms with Gasteiger partial charge in [-0.3, -0.25) is 19.9 Å². The Kier molecular flexibility index (Phi) is 6.87. The number of piperidine rings is 1. The second kappa shape index (κ2) is 10.3. The van der Waals surface area contributed by atoms with Gasteiger partial charge in [0, 0.05) is 61.0 Å². The first-order valence-electron chi connectivity index (χ1n) is 13.3. The second-order valence-electron chi connectivity index (χ2n) is 10.7. The number of aryl methyl sites for hydroxylation is 1. The number of fused-ring (bicyclic) bond motifs is 3. The molecule has 6 heterocycles. The third kappa shape index (κ3) is 5.71. The second-order valence-corrected chi connectivity index (χ2v) is 10.7. The Hall–Kier alpha value is -2.96. The zero-order valence-corrected chi connectivity index (χ0v) is 21.4. The number of pyridine rings is 2. The molecule has 0 aromatic carbocycles. The molecule has 12 heteroatoms. The molecule has 3 fully saturated rings. The summed E-state index contributed by atoms with van der Waals surface area (Å²) in [5, 5.41) is 14.9. The van der Waals surface area contributed by atoms with Crippen molar-refractivity contribution >= 4 is 28.4 Å². The lowest BCUT2D eigenvalue weighted by atomic mass is 9.97. The largest absolute Gasteiger partial charge is 0.401 e. The average Bonchev–Trinajstić information content (AvgIpc) is 3.36. The molecular formula is C26H33F3N8O. The van der Waals surface area contributed by atoms with E-state index in [1.54, 1.807) is 4.90 Å². The molecule has 3 saturated heterocycles. The smallest absolute Gasteiger partial charge is 0.379 e. The number of halogens is 3. The average molecular weight is 531 g/mol. The van der Waals surface area contributed by atoms with Crippen molar-refractivity contribution in [3.8, 4) is 0 Å². The van der Waals surface area contributed by atoms with E-state index in [2.05, 4.69) is 25.7 Å². The number of hydrogen-bond acceptors (Lipinski definition) is 8. The molecule has 9 nitrogen and oxygen atoms in total. The van der Waals surface area contributed by atoms with E-state index in [0.717, 1.165) is 68.0 Å². The zero-order valence-electron chi connectivity index (χ0n) is 21.4. The van der Waals surface area contributed by atoms with Crippen molar-refractivity contribution in [2.75, 3.05) is 43.5 Å². The molecule has 0 radical (unpaired) electrons. The SMILES string of the molecule is Cc1cc(Nc2cc3nc(CN4CCOCC4)ccc3c(NC3C[C@@H]4CC[C@@H](C3)N4CC(F)(F)F)n2)n[nH]1. The van der Waals surface area contributed by atoms with E-state index in [9.17, 15) is 13.2 Å². The van der Waals surface area contributed by atoms with Crippen molar-refractivity contribution in [2.24, 2.45) is 0 Å². The number of morpholine rings is 1. The first-order valence-corrected chi connectivity index (χ1v) is 13.3. The van der Waals surface area contributed by atoms with E-state index in [0.29, 0.717) is 30.3 Å². The van der Waals surface area contributed by atoms with E-state index in [-0.39, 0.29) is 18.1 Å². The molecule has 2 bridgehead atoms. The van der Waals surface area contributed by atoms with Crippen molar-refractivity contribution in [3.05, 3.63) is 35.7 Å². The van der Waals surface area contributed by atoms with Gasteiger partial charge in [-0.2, -0.15) is 18.3 Å². The molecule has 0 amide bonds. The Morgan fingerprint density at radius 3 is 2.50 bits per heavy atom. The molecule has 3 aliphatic rings. The molecule has 3 N–H and O–H groups in total. The number of alkyl halides is 3. The van der Waals surface area contributed by atoms with E-state index < -0.39 is 12.7 Å². The van der Waals surface area contributed by atoms with Gasteiger partial charge in [-0.1, -0.05) is 0 Å². The van der Waals surface area contributed by atoms with E-state index in [1.165, 1.54) is 0 Å². The van der Waals surface area contributed by atoms with Crippen LogP contribution in [0.25, 0.3) is 10.9 Å². The van der Waals surface area contributed by atoms with Gasteiger partial charge in [0.15, 0.2) is 5.82 Å². The van der Waals surface area contributed by atoms with Crippen LogP contribution in [0.1, 0.15) is 37.1 Å². The fourth-order valence-corrected chi connectivity index (χ4v) is 6.08. The van der Waals surface area contributed by atoms with Gasteiger partial charge in [0.2, 0.25) is 0 Å². The van der Waals surface area contributed by atoms with Crippen molar-refractivity contribution < 1.29 is 17.9 Å². The highest BCUT2D eigenvalue weighted by Gasteiger charge is 2.45. The Labute approximate surface area is 219 Å². The zero-order chi connectivity index (χ0) is 26.3. The Bertz CT molecular complexity index is 1260. The lowest BCUT2D eigenvalue weighted by Crippen LogP contribution is -2.50. The maximum atomic E-state index is 13.1. The van der Waals surface area contributed by atoms with Gasteiger partial charge in [0.25, 0.3) is 0 Å². The number of nitrogens with zero attached hydrogens (tertiary/aromatic N) is 5. The Morgan fingerprint density at radius 2 is 1.82 bits per heavy atom. The topological polar surface area (TPSA) is 94.2 Å². The summed E-state index contributed by atoms with van der Waals surface area (Å²) in [7, 11) is 0. The minimum atomic E-state index is -4.17. The highest BCUT2D eigenvalue weighted by molar-refractivity contribution is 5.91. The van der Waals surface area contributed by atoms with Crippen LogP contribution in [-0.2, 0) is 11.3 Å². The number of hydrogen-bond donors (Lipinski definition) is 3. The molecule has 2 atom stereocenters. The molecule has 3 aromatic rings. The molecule has 3 aromatic heterocycles. The summed E-state index contributed by atoms with van der Waals surface area (Å²) in [5.41, 5.74) is 2.70. The van der Waals surface area contributed by atoms with Crippen LogP contribution < -0.4 is 10.6 Å². The molecule has 0 unspecified atom stereocenters. The molecule has 3 aliphatic heterocycles. The third-order valence-corrected chi connectivity index (χ3v) is 7.78. The Morgan fingerprint density at radius 1 is 1.05 bits per heavy atom. The molecular weight excluding hydrogens is 497 g/mol. The van der Waals surface area contributed by atoms with Crippen LogP contribution in [0.2, 0.25) is 0 Å². The van der Waals surface area contributed by atoms with E-state index in [1.807, 2.05) is 31.2 Å². The third-order valence-electron chi connectivity index (χ3n) is 7.78. The number of aromatic amines is 1. The number of anilines is 3. The standard InChI is InChI=1S/C26H33F3N8O/c1-16-10-24(35-34-16)32-23-13-22-21(5-2-17(30-22)14-36-6-8-38-9-7-36)25(33-23)31-18-11-19-3-4-20(12-18)37(19)15-26(27,28)29/h2,5,10,13,18-20H,3-4,6-9,11-12,14-15H2,1H3,(H3,31,32,33,34,35)/t19-,20-/m0/s1. The van der Waals surface area contributed by atoms with Gasteiger partial charge in [-0.05, 0) is 44.7 Å². The maximum absolute atomic E-state index is 13.1. The highest BCUT2D eigenvalue weighted by atomic mass is 19.4. The van der Waals surface area contributed by atoms with Crippen LogP contribution >= 0.6 is 0 Å². The predicted molar refractivity (Wildman–Crippen MR) is 138 cm³/mol. The number of H-pyrrole nitrogens is 1. The summed E-state index contributed by atoms with van der Waals surface area (Å²) in [5.74, 6) is 1.96. The van der Waals surface area contributed by atoms with Crippen LogP contribution in [0, 0.1) is 6.92 Å². The molecule has 204 valence electrons. The van der Waals surface area contributed by atoms with Crippen LogP contribution in [0.3, 0.4) is 0 Å². The summed E-state index contributed by atoms with van der Waals surface area (Å²) >= 11 is 0. The van der Waals surface area contributed by atoms with Crippen molar-refractivity contribution in [1.29, 1.82) is 0 Å². The van der Waals surface area contributed by atoms with E-state index in [4.69, 9.17) is 14.7 Å². The molecule has 0 saturated carbocycles. The fraction of sp³-hybridized carbons (Fsp3) is 0.577. The molecule has 0 spiro atoms. The van der Waals surface area contributed by atoms with Crippen LogP contribution in [0.5, 0.6) is 0 Å². The van der Waals surface area contributed by atoms with Crippen molar-refractivity contribution in [2.45, 2.75) is 63.5 Å². The van der Waals surface area contributed by atoms with Gasteiger partial charge in [-0.25, -0.2) is 4.98 Å². The van der Waals surface area contributed by atoms with Gasteiger partial charge >= 0.3 is 6.18 Å². The predicted octanol–water partition coefficient (Wildman–Crippen LogP) is 4.21. The minimum Gasteiger partial charge on any atom is -0.379 e. The number of ether oxygens (including phenoxy) is 1. The summed E-state index contributed by atoms with van der Waals surface area (Å²) in [6.45, 7) is 5.06. The maximum Gasteiger partial charge on any atom is 0.401 e. The first-order chi connectivity index (χ1) is 18.3. The number of nitrogens with one attached hydrogen (secondary N) is 3. The van der Waals surface area contributed by atoms with Crippen LogP contribution in [-0.4, -0.2) is 87.1 Å². The first kappa shape index (κ1) is 25.3. The van der Waals surface area contributed by atoms with Crippen LogP contribution in [0.4, 0.5) is 30.6 Å². The minimum absolute atomic E-state index is 0.0450. The quantitative estimate of drug-likeness (QED) is 0.419. The van der Waals surface area contributed by atoms with Gasteiger partial charge in [-0.15, -0.1) is 0 Å². The van der Waals surface area contributed by atoms with E-state index >= 15 is 0 Å². The summed E-state index contributed by atoms with van der Waals surface area (Å²) < 4.78 is 44.9. The lowest BCUT2D eigenvalue weighted by Gasteiger charge is -2.39. The number of rotatable bonds is 7. The highest BCUT2D eigenvalue weighted by Crippen LogP contribution is 2.39. The van der Waals surface area contributed by atoms with Crippen LogP contribution in [0.15, 0.2) is 24.3 Å². The summed E-state index contributed by atoms with van der Waals surface area (Å²) in [6, 6.07) is 7.81. The van der Waals surface area contributed by atoms with Crippen molar-refractivity contribution in [1.82, 2.24) is 30.0 Å². The number of aromatic nitrogens is 4. The lowest BCUT2D eigenvalue weighted by molar-refractivity contribution is -0.155. The summed E-state index contributed by atoms with van der Waals surface area (Å²) in [6.07, 6.45) is -1.24. The van der Waals surface area contributed by atoms with Gasteiger partial charge in [0.1, 0.15) is 11.6 Å². The normalized spacial score (nSPS) is 24.7. The van der Waals surface area contributed by atoms with Gasteiger partial charge in [0.05, 0.1) is 31.0 Å². The molecule has 6 rings (SSSR count). The molecule has 0 aliphatic carbocycles. The monoisotopic (exact) mass is 530 g/mol. The Balaban J connectivity index is 1.26. The fourth-order valence-electron chi connectivity index (χ4n) is 6.08. The molecule has 38 heavy (non-hydrogen) atoms. The van der Waals surface area contributed by atoms with Gasteiger partial charge < -0.3 is 15.4 Å². The summed E-state index contributed by atoms with van der Waals surface area (Å²) in [4.78, 5) is 13.8. The van der Waals surface area contributed by atoms with Crippen molar-refractivity contribution in [3.63, 3.8) is 0 Å².